The van der Waals surface area contributed by atoms with Crippen LogP contribution in [0, 0.1) is 5.82 Å². The number of amides is 1. The quantitative estimate of drug-likeness (QED) is 0.871. The summed E-state index contributed by atoms with van der Waals surface area (Å²) in [4.78, 5) is 11.6. The van der Waals surface area contributed by atoms with Gasteiger partial charge in [-0.1, -0.05) is 12.1 Å². The smallest absolute Gasteiger partial charge is 0.272 e. The van der Waals surface area contributed by atoms with Crippen LogP contribution in [0.1, 0.15) is 16.1 Å². The molecule has 0 fully saturated rings. The van der Waals surface area contributed by atoms with Gasteiger partial charge in [0.15, 0.2) is 5.69 Å². The van der Waals surface area contributed by atoms with Crippen molar-refractivity contribution in [2.75, 3.05) is 0 Å². The van der Waals surface area contributed by atoms with E-state index in [9.17, 15) is 9.18 Å². The van der Waals surface area contributed by atoms with Gasteiger partial charge in [-0.3, -0.25) is 4.79 Å². The lowest BCUT2D eigenvalue weighted by Crippen LogP contribution is -2.23. The Hall–Kier alpha value is -2.30. The molecule has 4 nitrogen and oxygen atoms in total. The average molecular weight is 231 g/mol. The molecule has 17 heavy (non-hydrogen) atoms. The number of nitrogens with one attached hydrogen (secondary N) is 1. The molecule has 1 aromatic heterocycles. The molecule has 0 unspecified atom stereocenters. The predicted octanol–water partition coefficient (Wildman–Crippen LogP) is 1.55. The fraction of sp³-hybridized carbons (Fsp3) is 0.0833. The van der Waals surface area contributed by atoms with Crippen molar-refractivity contribution in [3.63, 3.8) is 0 Å². The molecular formula is C12H10FN3O. The van der Waals surface area contributed by atoms with Crippen molar-refractivity contribution in [1.82, 2.24) is 15.5 Å². The molecule has 0 aliphatic carbocycles. The van der Waals surface area contributed by atoms with Crippen LogP contribution in [0.2, 0.25) is 0 Å². The lowest BCUT2D eigenvalue weighted by atomic mass is 10.2. The Kier molecular flexibility index (Phi) is 3.40. The van der Waals surface area contributed by atoms with Crippen molar-refractivity contribution in [2.45, 2.75) is 6.54 Å². The molecule has 0 saturated carbocycles. The van der Waals surface area contributed by atoms with E-state index in [4.69, 9.17) is 0 Å². The maximum atomic E-state index is 12.6. The van der Waals surface area contributed by atoms with Gasteiger partial charge in [-0.05, 0) is 29.8 Å². The molecule has 1 aromatic carbocycles. The summed E-state index contributed by atoms with van der Waals surface area (Å²) in [6.07, 6.45) is 1.50. The van der Waals surface area contributed by atoms with E-state index in [2.05, 4.69) is 15.5 Å². The molecule has 0 bridgehead atoms. The van der Waals surface area contributed by atoms with Crippen LogP contribution in [-0.2, 0) is 6.54 Å². The van der Waals surface area contributed by atoms with Crippen LogP contribution in [0.25, 0.3) is 0 Å². The standard InChI is InChI=1S/C12H10FN3O/c13-10-5-3-9(4-6-10)8-14-12(17)11-2-1-7-15-16-11/h1-7H,8H2,(H,14,17). The fourth-order valence-corrected chi connectivity index (χ4v) is 1.30. The van der Waals surface area contributed by atoms with Gasteiger partial charge in [0.25, 0.3) is 5.91 Å². The number of benzene rings is 1. The molecule has 1 heterocycles. The first-order valence-corrected chi connectivity index (χ1v) is 5.06. The molecule has 0 aliphatic heterocycles. The van der Waals surface area contributed by atoms with Crippen LogP contribution in [0.15, 0.2) is 42.6 Å². The van der Waals surface area contributed by atoms with Crippen LogP contribution >= 0.6 is 0 Å². The van der Waals surface area contributed by atoms with Crippen molar-refractivity contribution in [1.29, 1.82) is 0 Å². The van der Waals surface area contributed by atoms with E-state index in [1.165, 1.54) is 18.3 Å². The number of halogens is 1. The van der Waals surface area contributed by atoms with Gasteiger partial charge in [0, 0.05) is 12.7 Å². The molecule has 5 heteroatoms. The summed E-state index contributed by atoms with van der Waals surface area (Å²) in [6.45, 7) is 0.329. The summed E-state index contributed by atoms with van der Waals surface area (Å²) in [5.41, 5.74) is 1.08. The molecular weight excluding hydrogens is 221 g/mol. The van der Waals surface area contributed by atoms with E-state index in [0.717, 1.165) is 5.56 Å². The summed E-state index contributed by atoms with van der Waals surface area (Å²) >= 11 is 0. The third-order valence-corrected chi connectivity index (χ3v) is 2.17. The Morgan fingerprint density at radius 3 is 2.65 bits per heavy atom. The van der Waals surface area contributed by atoms with Gasteiger partial charge in [-0.25, -0.2) is 4.39 Å². The molecule has 0 saturated heterocycles. The summed E-state index contributed by atoms with van der Waals surface area (Å²) < 4.78 is 12.6. The van der Waals surface area contributed by atoms with Crippen LogP contribution in [0.4, 0.5) is 4.39 Å². The Bertz CT molecular complexity index is 499. The molecule has 1 amide bonds. The van der Waals surface area contributed by atoms with E-state index in [0.29, 0.717) is 6.54 Å². The number of aromatic nitrogens is 2. The maximum Gasteiger partial charge on any atom is 0.272 e. The molecule has 0 spiro atoms. The van der Waals surface area contributed by atoms with Crippen molar-refractivity contribution < 1.29 is 9.18 Å². The van der Waals surface area contributed by atoms with E-state index in [1.807, 2.05) is 0 Å². The molecule has 86 valence electrons. The highest BCUT2D eigenvalue weighted by Gasteiger charge is 2.05. The number of carbonyl (C=O) groups is 1. The minimum absolute atomic E-state index is 0.259. The summed E-state index contributed by atoms with van der Waals surface area (Å²) in [6, 6.07) is 9.15. The van der Waals surface area contributed by atoms with Crippen LogP contribution in [-0.4, -0.2) is 16.1 Å². The van der Waals surface area contributed by atoms with Gasteiger partial charge in [0.2, 0.25) is 0 Å². The number of hydrogen-bond donors (Lipinski definition) is 1. The van der Waals surface area contributed by atoms with Crippen LogP contribution < -0.4 is 5.32 Å². The molecule has 2 rings (SSSR count). The zero-order valence-corrected chi connectivity index (χ0v) is 8.93. The Balaban J connectivity index is 1.95. The number of carbonyl (C=O) groups excluding carboxylic acids is 1. The molecule has 1 N–H and O–H groups in total. The van der Waals surface area contributed by atoms with E-state index < -0.39 is 0 Å². The lowest BCUT2D eigenvalue weighted by Gasteiger charge is -2.03. The molecule has 0 aliphatic rings. The maximum absolute atomic E-state index is 12.6. The van der Waals surface area contributed by atoms with Crippen molar-refractivity contribution in [3.8, 4) is 0 Å². The van der Waals surface area contributed by atoms with Gasteiger partial charge in [-0.15, -0.1) is 5.10 Å². The first kappa shape index (κ1) is 11.2. The van der Waals surface area contributed by atoms with Gasteiger partial charge in [0.1, 0.15) is 5.82 Å². The highest BCUT2D eigenvalue weighted by molar-refractivity contribution is 5.91. The first-order valence-electron chi connectivity index (χ1n) is 5.06. The second-order valence-corrected chi connectivity index (χ2v) is 3.42. The summed E-state index contributed by atoms with van der Waals surface area (Å²) in [5, 5.41) is 9.97. The molecule has 0 atom stereocenters. The Morgan fingerprint density at radius 1 is 1.24 bits per heavy atom. The van der Waals surface area contributed by atoms with Crippen LogP contribution in [0.5, 0.6) is 0 Å². The zero-order valence-electron chi connectivity index (χ0n) is 8.93. The Labute approximate surface area is 97.5 Å². The Morgan fingerprint density at radius 2 is 2.00 bits per heavy atom. The minimum atomic E-state index is -0.303. The highest BCUT2D eigenvalue weighted by Crippen LogP contribution is 2.02. The fourth-order valence-electron chi connectivity index (χ4n) is 1.30. The van der Waals surface area contributed by atoms with Crippen molar-refractivity contribution >= 4 is 5.91 Å². The second-order valence-electron chi connectivity index (χ2n) is 3.42. The largest absolute Gasteiger partial charge is 0.347 e. The normalized spacial score (nSPS) is 9.94. The SMILES string of the molecule is O=C(NCc1ccc(F)cc1)c1cccnn1. The van der Waals surface area contributed by atoms with E-state index in [-0.39, 0.29) is 17.4 Å². The monoisotopic (exact) mass is 231 g/mol. The zero-order chi connectivity index (χ0) is 12.1. The van der Waals surface area contributed by atoms with Gasteiger partial charge in [-0.2, -0.15) is 5.10 Å². The third-order valence-electron chi connectivity index (χ3n) is 2.17. The van der Waals surface area contributed by atoms with Crippen molar-refractivity contribution in [3.05, 3.63) is 59.7 Å². The minimum Gasteiger partial charge on any atom is -0.347 e. The molecule has 2 aromatic rings. The van der Waals surface area contributed by atoms with Crippen molar-refractivity contribution in [2.24, 2.45) is 0 Å². The summed E-state index contributed by atoms with van der Waals surface area (Å²) in [7, 11) is 0. The van der Waals surface area contributed by atoms with Gasteiger partial charge in [0.05, 0.1) is 0 Å². The van der Waals surface area contributed by atoms with Gasteiger partial charge < -0.3 is 5.32 Å². The number of rotatable bonds is 3. The summed E-state index contributed by atoms with van der Waals surface area (Å²) in [5.74, 6) is -0.601. The highest BCUT2D eigenvalue weighted by atomic mass is 19.1. The number of hydrogen-bond acceptors (Lipinski definition) is 3. The van der Waals surface area contributed by atoms with E-state index >= 15 is 0 Å². The third kappa shape index (κ3) is 3.07. The van der Waals surface area contributed by atoms with Gasteiger partial charge >= 0.3 is 0 Å². The first-order chi connectivity index (χ1) is 8.25. The number of nitrogens with zero attached hydrogens (tertiary/aromatic N) is 2. The topological polar surface area (TPSA) is 54.9 Å². The van der Waals surface area contributed by atoms with Crippen LogP contribution in [0.3, 0.4) is 0 Å². The predicted molar refractivity (Wildman–Crippen MR) is 59.6 cm³/mol. The average Bonchev–Trinajstić information content (AvgIpc) is 2.39. The molecule has 0 radical (unpaired) electrons. The van der Waals surface area contributed by atoms with E-state index in [1.54, 1.807) is 24.3 Å². The second kappa shape index (κ2) is 5.16. The lowest BCUT2D eigenvalue weighted by molar-refractivity contribution is 0.0945.